The number of carbonyl (C=O) groups excluding carboxylic acids is 2. The van der Waals surface area contributed by atoms with E-state index in [0.29, 0.717) is 23.2 Å². The molecule has 0 aliphatic heterocycles. The van der Waals surface area contributed by atoms with Gasteiger partial charge in [0.15, 0.2) is 0 Å². The molecule has 2 amide bonds. The second-order valence-corrected chi connectivity index (χ2v) is 10.7. The van der Waals surface area contributed by atoms with Crippen molar-refractivity contribution in [3.05, 3.63) is 97.5 Å². The number of carbonyl (C=O) groups is 2. The van der Waals surface area contributed by atoms with E-state index in [1.54, 1.807) is 47.4 Å². The summed E-state index contributed by atoms with van der Waals surface area (Å²) < 4.78 is 1.70. The lowest BCUT2D eigenvalue weighted by molar-refractivity contribution is -0.127. The molecule has 3 aromatic rings. The number of nitrogens with two attached hydrogens (primary N) is 1. The van der Waals surface area contributed by atoms with E-state index in [1.165, 1.54) is 12.1 Å². The molecule has 220 valence electrons. The Hall–Kier alpha value is -4.46. The maximum atomic E-state index is 12.6. The summed E-state index contributed by atoms with van der Waals surface area (Å²) in [5, 5.41) is 16.7. The molecule has 8 heteroatoms. The highest BCUT2D eigenvalue weighted by Crippen LogP contribution is 2.23. The first kappa shape index (κ1) is 34.6. The third-order valence-corrected chi connectivity index (χ3v) is 5.08. The smallest absolute Gasteiger partial charge is 0.240 e. The predicted octanol–water partition coefficient (Wildman–Crippen LogP) is 6.09. The average molecular weight is 560 g/mol. The summed E-state index contributed by atoms with van der Waals surface area (Å²) in [6.45, 7) is 20.5. The molecule has 0 spiro atoms. The number of amides is 2. The van der Waals surface area contributed by atoms with E-state index in [0.717, 1.165) is 16.8 Å². The van der Waals surface area contributed by atoms with Gasteiger partial charge in [-0.15, -0.1) is 0 Å². The lowest BCUT2D eigenvalue weighted by Crippen LogP contribution is -2.45. The normalized spacial score (nSPS) is 11.4. The van der Waals surface area contributed by atoms with E-state index in [2.05, 4.69) is 56.3 Å². The molecular formula is C33H45N5O3. The van der Waals surface area contributed by atoms with Crippen LogP contribution in [0.4, 0.5) is 0 Å². The van der Waals surface area contributed by atoms with Crippen molar-refractivity contribution in [2.75, 3.05) is 0 Å². The lowest BCUT2D eigenvalue weighted by atomic mass is 10.0. The first-order valence-corrected chi connectivity index (χ1v) is 13.7. The molecule has 1 atom stereocenters. The molecule has 1 aromatic carbocycles. The highest BCUT2D eigenvalue weighted by molar-refractivity contribution is 5.86. The minimum absolute atomic E-state index is 0.121. The Labute approximate surface area is 244 Å². The molecule has 0 saturated heterocycles. The van der Waals surface area contributed by atoms with Crippen LogP contribution in [-0.4, -0.2) is 37.7 Å². The van der Waals surface area contributed by atoms with Gasteiger partial charge in [-0.25, -0.2) is 4.68 Å². The monoisotopic (exact) mass is 559 g/mol. The predicted molar refractivity (Wildman–Crippen MR) is 168 cm³/mol. The van der Waals surface area contributed by atoms with E-state index >= 15 is 0 Å². The van der Waals surface area contributed by atoms with Crippen LogP contribution in [-0.2, 0) is 22.4 Å². The van der Waals surface area contributed by atoms with Crippen molar-refractivity contribution in [3.8, 4) is 17.0 Å². The Balaban J connectivity index is 0.00000108. The molecule has 2 aromatic heterocycles. The second kappa shape index (κ2) is 17.3. The molecular weight excluding hydrogens is 514 g/mol. The SMILES string of the molecule is C=C/C=C\C(=C)n1nc(CCC(=O)N[C@@H](Cc2ccc(O)cc2)C(N)=O)cc1-c1cccnc1.CC.CC(C)(C)C. The van der Waals surface area contributed by atoms with Crippen molar-refractivity contribution >= 4 is 17.5 Å². The van der Waals surface area contributed by atoms with Crippen LogP contribution in [0.15, 0.2) is 86.2 Å². The first-order valence-electron chi connectivity index (χ1n) is 13.7. The number of primary amides is 1. The number of hydrogen-bond acceptors (Lipinski definition) is 5. The number of nitrogens with one attached hydrogen (secondary N) is 1. The lowest BCUT2D eigenvalue weighted by Gasteiger charge is -2.15. The Morgan fingerprint density at radius 3 is 2.32 bits per heavy atom. The van der Waals surface area contributed by atoms with E-state index < -0.39 is 11.9 Å². The van der Waals surface area contributed by atoms with Gasteiger partial charge < -0.3 is 16.2 Å². The van der Waals surface area contributed by atoms with Gasteiger partial charge in [0.1, 0.15) is 11.8 Å². The van der Waals surface area contributed by atoms with Crippen LogP contribution in [0.3, 0.4) is 0 Å². The summed E-state index contributed by atoms with van der Waals surface area (Å²) in [6, 6.07) is 11.2. The number of allylic oxidation sites excluding steroid dienone is 4. The highest BCUT2D eigenvalue weighted by atomic mass is 16.3. The van der Waals surface area contributed by atoms with E-state index in [9.17, 15) is 14.7 Å². The molecule has 4 N–H and O–H groups in total. The number of nitrogens with zero attached hydrogens (tertiary/aromatic N) is 3. The summed E-state index contributed by atoms with van der Waals surface area (Å²) in [4.78, 5) is 28.6. The van der Waals surface area contributed by atoms with Gasteiger partial charge in [-0.1, -0.05) is 79.0 Å². The molecule has 41 heavy (non-hydrogen) atoms. The molecule has 0 unspecified atom stereocenters. The van der Waals surface area contributed by atoms with Crippen molar-refractivity contribution in [1.82, 2.24) is 20.1 Å². The van der Waals surface area contributed by atoms with Gasteiger partial charge in [0.05, 0.1) is 17.1 Å². The van der Waals surface area contributed by atoms with Gasteiger partial charge in [0, 0.05) is 37.2 Å². The first-order chi connectivity index (χ1) is 19.4. The molecule has 0 fully saturated rings. The Bertz CT molecular complexity index is 1280. The number of aromatic nitrogens is 3. The fourth-order valence-corrected chi connectivity index (χ4v) is 3.34. The number of hydrogen-bond donors (Lipinski definition) is 3. The topological polar surface area (TPSA) is 123 Å². The quantitative estimate of drug-likeness (QED) is 0.245. The molecule has 8 nitrogen and oxygen atoms in total. The number of rotatable bonds is 11. The number of pyridine rings is 1. The number of aromatic hydroxyl groups is 1. The minimum Gasteiger partial charge on any atom is -0.508 e. The van der Waals surface area contributed by atoms with Gasteiger partial charge in [-0.2, -0.15) is 5.10 Å². The Kier molecular flexibility index (Phi) is 14.6. The third kappa shape index (κ3) is 13.4. The van der Waals surface area contributed by atoms with E-state index in [-0.39, 0.29) is 24.5 Å². The Morgan fingerprint density at radius 1 is 1.15 bits per heavy atom. The van der Waals surface area contributed by atoms with Crippen molar-refractivity contribution in [3.63, 3.8) is 0 Å². The summed E-state index contributed by atoms with van der Waals surface area (Å²) in [6.07, 6.45) is 9.34. The highest BCUT2D eigenvalue weighted by Gasteiger charge is 2.19. The zero-order valence-electron chi connectivity index (χ0n) is 25.2. The minimum atomic E-state index is -0.857. The zero-order valence-corrected chi connectivity index (χ0v) is 25.2. The van der Waals surface area contributed by atoms with Gasteiger partial charge in [-0.05, 0) is 47.4 Å². The maximum absolute atomic E-state index is 12.6. The molecule has 3 rings (SSSR count). The molecule has 0 aliphatic rings. The number of benzene rings is 1. The zero-order chi connectivity index (χ0) is 31.0. The number of phenols is 1. The molecule has 0 radical (unpaired) electrons. The maximum Gasteiger partial charge on any atom is 0.240 e. The summed E-state index contributed by atoms with van der Waals surface area (Å²) in [5.74, 6) is -0.823. The van der Waals surface area contributed by atoms with Crippen LogP contribution in [0, 0.1) is 5.41 Å². The van der Waals surface area contributed by atoms with Crippen LogP contribution in [0.25, 0.3) is 17.0 Å². The molecule has 0 saturated carbocycles. The summed E-state index contributed by atoms with van der Waals surface area (Å²) in [5.41, 5.74) is 9.74. The van der Waals surface area contributed by atoms with Crippen molar-refractivity contribution in [2.24, 2.45) is 11.1 Å². The van der Waals surface area contributed by atoms with Gasteiger partial charge in [0.25, 0.3) is 0 Å². The second-order valence-electron chi connectivity index (χ2n) is 10.7. The van der Waals surface area contributed by atoms with Crippen molar-refractivity contribution in [1.29, 1.82) is 0 Å². The standard InChI is InChI=1S/C26H27N5O3.C5H12.C2H6/c1-3-4-6-18(2)31-24(20-7-5-14-28-17-20)16-21(30-31)10-13-25(33)29-23(26(27)34)15-19-8-11-22(32)12-9-19;1-5(2,3)4;1-2/h3-9,11-12,14,16-17,23,32H,1-2,10,13,15H2,(H2,27,34)(H,29,33);1-4H3;1-2H3/b6-4-;;/t23-;;/m0../s1. The van der Waals surface area contributed by atoms with E-state index in [4.69, 9.17) is 5.73 Å². The summed E-state index contributed by atoms with van der Waals surface area (Å²) >= 11 is 0. The van der Waals surface area contributed by atoms with Crippen LogP contribution in [0.2, 0.25) is 0 Å². The Morgan fingerprint density at radius 2 is 1.78 bits per heavy atom. The fourth-order valence-electron chi connectivity index (χ4n) is 3.34. The molecule has 2 heterocycles. The van der Waals surface area contributed by atoms with Crippen molar-refractivity contribution < 1.29 is 14.7 Å². The van der Waals surface area contributed by atoms with Crippen LogP contribution in [0.5, 0.6) is 5.75 Å². The largest absolute Gasteiger partial charge is 0.508 e. The summed E-state index contributed by atoms with van der Waals surface area (Å²) in [7, 11) is 0. The third-order valence-electron chi connectivity index (χ3n) is 5.08. The number of aryl methyl sites for hydroxylation is 1. The van der Waals surface area contributed by atoms with E-state index in [1.807, 2.05) is 32.0 Å². The molecule has 0 bridgehead atoms. The fraction of sp³-hybridized carbons (Fsp3) is 0.333. The van der Waals surface area contributed by atoms with Gasteiger partial charge in [0.2, 0.25) is 11.8 Å². The van der Waals surface area contributed by atoms with Crippen LogP contribution < -0.4 is 11.1 Å². The van der Waals surface area contributed by atoms with Gasteiger partial charge >= 0.3 is 0 Å². The molecule has 0 aliphatic carbocycles. The van der Waals surface area contributed by atoms with Gasteiger partial charge in [-0.3, -0.25) is 14.6 Å². The van der Waals surface area contributed by atoms with Crippen molar-refractivity contribution in [2.45, 2.75) is 66.8 Å². The average Bonchev–Trinajstić information content (AvgIpc) is 3.36. The van der Waals surface area contributed by atoms with Crippen LogP contribution in [0.1, 0.15) is 59.2 Å². The van der Waals surface area contributed by atoms with Crippen LogP contribution >= 0.6 is 0 Å². The number of phenolic OH excluding ortho intramolecular Hbond substituents is 1.